The fraction of sp³-hybridized carbons (Fsp3) is 0.364. The van der Waals surface area contributed by atoms with Gasteiger partial charge in [-0.3, -0.25) is 4.79 Å². The predicted molar refractivity (Wildman–Crippen MR) is 57.6 cm³/mol. The summed E-state index contributed by atoms with van der Waals surface area (Å²) in [5.41, 5.74) is -1.12. The minimum Gasteiger partial charge on any atom is -0.492 e. The Kier molecular flexibility index (Phi) is 4.03. The lowest BCUT2D eigenvalue weighted by Gasteiger charge is -2.14. The van der Waals surface area contributed by atoms with Crippen LogP contribution < -0.4 is 4.74 Å². The number of halogens is 4. The van der Waals surface area contributed by atoms with Gasteiger partial charge in [0, 0.05) is 0 Å². The van der Waals surface area contributed by atoms with Crippen LogP contribution in [0.3, 0.4) is 0 Å². The van der Waals surface area contributed by atoms with Crippen molar-refractivity contribution in [1.82, 2.24) is 0 Å². The molecule has 1 aromatic carbocycles. The molecule has 0 aliphatic rings. The Morgan fingerprint density at radius 3 is 2.41 bits per heavy atom. The third kappa shape index (κ3) is 3.12. The average Bonchev–Trinajstić information content (AvgIpc) is 2.18. The quantitative estimate of drug-likeness (QED) is 0.774. The zero-order valence-corrected chi connectivity index (χ0v) is 9.95. The molecule has 0 amide bonds. The third-order valence-corrected chi connectivity index (χ3v) is 2.32. The van der Waals surface area contributed by atoms with Gasteiger partial charge in [-0.25, -0.2) is 0 Å². The minimum atomic E-state index is -4.54. The lowest BCUT2D eigenvalue weighted by atomic mass is 10.1. The van der Waals surface area contributed by atoms with Crippen LogP contribution in [0.1, 0.15) is 29.8 Å². The first-order valence-electron chi connectivity index (χ1n) is 4.81. The zero-order chi connectivity index (χ0) is 13.2. The Labute approximate surface area is 101 Å². The van der Waals surface area contributed by atoms with E-state index in [1.807, 2.05) is 0 Å². The number of carbonyl (C=O) groups is 1. The Balaban J connectivity index is 3.41. The molecular weight excluding hydrogens is 257 g/mol. The number of rotatable bonds is 3. The largest absolute Gasteiger partial charge is 0.492 e. The van der Waals surface area contributed by atoms with Crippen molar-refractivity contribution in [2.75, 3.05) is 6.61 Å². The fourth-order valence-electron chi connectivity index (χ4n) is 1.31. The fourth-order valence-corrected chi connectivity index (χ4v) is 1.58. The van der Waals surface area contributed by atoms with Gasteiger partial charge in [0.05, 0.1) is 22.8 Å². The summed E-state index contributed by atoms with van der Waals surface area (Å²) in [6, 6.07) is 1.50. The number of benzene rings is 1. The molecule has 0 saturated heterocycles. The molecule has 0 unspecified atom stereocenters. The second-order valence-electron chi connectivity index (χ2n) is 3.32. The van der Waals surface area contributed by atoms with Gasteiger partial charge in [0.25, 0.3) is 0 Å². The van der Waals surface area contributed by atoms with E-state index in [9.17, 15) is 18.0 Å². The normalized spacial score (nSPS) is 11.4. The lowest BCUT2D eigenvalue weighted by Crippen LogP contribution is -2.09. The van der Waals surface area contributed by atoms with Crippen LogP contribution in [0.25, 0.3) is 0 Å². The molecule has 0 radical (unpaired) electrons. The van der Waals surface area contributed by atoms with E-state index in [2.05, 4.69) is 0 Å². The average molecular weight is 267 g/mol. The molecule has 0 heterocycles. The summed E-state index contributed by atoms with van der Waals surface area (Å²) in [6.07, 6.45) is -4.54. The Morgan fingerprint density at radius 1 is 1.41 bits per heavy atom. The van der Waals surface area contributed by atoms with Crippen LogP contribution in [0.15, 0.2) is 12.1 Å². The van der Waals surface area contributed by atoms with Gasteiger partial charge in [-0.05, 0) is 26.0 Å². The van der Waals surface area contributed by atoms with E-state index in [0.717, 1.165) is 19.1 Å². The van der Waals surface area contributed by atoms with Crippen molar-refractivity contribution >= 4 is 17.4 Å². The first kappa shape index (κ1) is 13.8. The second kappa shape index (κ2) is 4.96. The Morgan fingerprint density at radius 2 is 2.00 bits per heavy atom. The predicted octanol–water partition coefficient (Wildman–Crippen LogP) is 3.96. The first-order valence-corrected chi connectivity index (χ1v) is 5.19. The van der Waals surface area contributed by atoms with Crippen molar-refractivity contribution in [3.63, 3.8) is 0 Å². The topological polar surface area (TPSA) is 26.3 Å². The summed E-state index contributed by atoms with van der Waals surface area (Å²) in [7, 11) is 0. The number of hydrogen-bond donors (Lipinski definition) is 0. The van der Waals surface area contributed by atoms with Gasteiger partial charge in [-0.2, -0.15) is 13.2 Å². The summed E-state index contributed by atoms with van der Waals surface area (Å²) in [5, 5.41) is -0.216. The van der Waals surface area contributed by atoms with Gasteiger partial charge in [0.2, 0.25) is 0 Å². The number of carbonyl (C=O) groups excluding carboxylic acids is 1. The molecule has 0 aromatic heterocycles. The molecule has 94 valence electrons. The van der Waals surface area contributed by atoms with Gasteiger partial charge in [0.15, 0.2) is 5.78 Å². The van der Waals surface area contributed by atoms with E-state index in [4.69, 9.17) is 16.3 Å². The molecular formula is C11H10ClF3O2. The lowest BCUT2D eigenvalue weighted by molar-refractivity contribution is -0.137. The smallest absolute Gasteiger partial charge is 0.416 e. The maximum Gasteiger partial charge on any atom is 0.416 e. The minimum absolute atomic E-state index is 0.00494. The summed E-state index contributed by atoms with van der Waals surface area (Å²) in [4.78, 5) is 11.3. The molecule has 0 atom stereocenters. The van der Waals surface area contributed by atoms with Crippen LogP contribution in [-0.4, -0.2) is 12.4 Å². The van der Waals surface area contributed by atoms with E-state index >= 15 is 0 Å². The molecule has 6 heteroatoms. The molecule has 1 aromatic rings. The standard InChI is InChI=1S/C11H10ClF3O2/c1-3-17-10-8(6(2)16)4-7(5-9(10)12)11(13,14)15/h4-5H,3H2,1-2H3. The summed E-state index contributed by atoms with van der Waals surface area (Å²) in [6.45, 7) is 3.03. The molecule has 1 rings (SSSR count). The number of ketones is 1. The highest BCUT2D eigenvalue weighted by Crippen LogP contribution is 2.37. The maximum absolute atomic E-state index is 12.5. The third-order valence-electron chi connectivity index (χ3n) is 2.04. The van der Waals surface area contributed by atoms with Crippen molar-refractivity contribution in [3.8, 4) is 5.75 Å². The molecule has 0 spiro atoms. The molecule has 0 fully saturated rings. The van der Waals surface area contributed by atoms with Gasteiger partial charge in [-0.1, -0.05) is 11.6 Å². The van der Waals surface area contributed by atoms with Crippen LogP contribution in [0, 0.1) is 0 Å². The first-order chi connectivity index (χ1) is 7.77. The van der Waals surface area contributed by atoms with E-state index < -0.39 is 17.5 Å². The Hall–Kier alpha value is -1.23. The molecule has 0 aliphatic carbocycles. The zero-order valence-electron chi connectivity index (χ0n) is 9.19. The number of ether oxygens (including phenoxy) is 1. The van der Waals surface area contributed by atoms with Crippen LogP contribution in [0.4, 0.5) is 13.2 Å². The van der Waals surface area contributed by atoms with Gasteiger partial charge in [-0.15, -0.1) is 0 Å². The highest BCUT2D eigenvalue weighted by Gasteiger charge is 2.32. The van der Waals surface area contributed by atoms with Crippen LogP contribution in [-0.2, 0) is 6.18 Å². The second-order valence-corrected chi connectivity index (χ2v) is 3.73. The number of alkyl halides is 3. The number of hydrogen-bond acceptors (Lipinski definition) is 2. The van der Waals surface area contributed by atoms with Crippen LogP contribution >= 0.6 is 11.6 Å². The molecule has 17 heavy (non-hydrogen) atoms. The highest BCUT2D eigenvalue weighted by molar-refractivity contribution is 6.32. The Bertz CT molecular complexity index is 441. The maximum atomic E-state index is 12.5. The van der Waals surface area contributed by atoms with Crippen LogP contribution in [0.2, 0.25) is 5.02 Å². The van der Waals surface area contributed by atoms with Crippen molar-refractivity contribution in [1.29, 1.82) is 0 Å². The summed E-state index contributed by atoms with van der Waals surface area (Å²) >= 11 is 5.69. The molecule has 0 aliphatic heterocycles. The van der Waals surface area contributed by atoms with E-state index in [1.165, 1.54) is 0 Å². The van der Waals surface area contributed by atoms with Crippen molar-refractivity contribution in [3.05, 3.63) is 28.3 Å². The molecule has 2 nitrogen and oxygen atoms in total. The van der Waals surface area contributed by atoms with E-state index in [-0.39, 0.29) is 22.9 Å². The van der Waals surface area contributed by atoms with E-state index in [1.54, 1.807) is 6.92 Å². The van der Waals surface area contributed by atoms with Crippen molar-refractivity contribution < 1.29 is 22.7 Å². The molecule has 0 bridgehead atoms. The van der Waals surface area contributed by atoms with Crippen LogP contribution in [0.5, 0.6) is 5.75 Å². The van der Waals surface area contributed by atoms with Gasteiger partial charge < -0.3 is 4.74 Å². The van der Waals surface area contributed by atoms with Crippen molar-refractivity contribution in [2.45, 2.75) is 20.0 Å². The van der Waals surface area contributed by atoms with Gasteiger partial charge >= 0.3 is 6.18 Å². The van der Waals surface area contributed by atoms with Gasteiger partial charge in [0.1, 0.15) is 5.75 Å². The molecule has 0 saturated carbocycles. The summed E-state index contributed by atoms with van der Waals surface area (Å²) < 4.78 is 42.6. The SMILES string of the molecule is CCOc1c(Cl)cc(C(F)(F)F)cc1C(C)=O. The van der Waals surface area contributed by atoms with E-state index in [0.29, 0.717) is 0 Å². The number of Topliss-reactive ketones (excluding diaryl/α,β-unsaturated/α-hetero) is 1. The summed E-state index contributed by atoms with van der Waals surface area (Å²) in [5.74, 6) is -0.531. The van der Waals surface area contributed by atoms with Crippen molar-refractivity contribution in [2.24, 2.45) is 0 Å². The monoisotopic (exact) mass is 266 g/mol. The molecule has 0 N–H and O–H groups in total. The highest BCUT2D eigenvalue weighted by atomic mass is 35.5.